The molecule has 5 aromatic rings. The number of hydrogen-bond donors (Lipinski definition) is 0. The number of carbonyl (C=O) groups excluding carboxylic acids is 2. The smallest absolute Gasteiger partial charge is 0.150 e. The van der Waals surface area contributed by atoms with Crippen molar-refractivity contribution in [1.29, 1.82) is 0 Å². The van der Waals surface area contributed by atoms with Crippen LogP contribution in [0.3, 0.4) is 0 Å². The third kappa shape index (κ3) is 6.71. The summed E-state index contributed by atoms with van der Waals surface area (Å²) in [7, 11) is 0. The van der Waals surface area contributed by atoms with Crippen LogP contribution in [-0.4, -0.2) is 12.6 Å². The van der Waals surface area contributed by atoms with Crippen LogP contribution in [0.15, 0.2) is 97.1 Å². The van der Waals surface area contributed by atoms with Crippen molar-refractivity contribution in [1.82, 2.24) is 0 Å². The summed E-state index contributed by atoms with van der Waals surface area (Å²) >= 11 is 0. The Kier molecular flexibility index (Phi) is 11.5. The van der Waals surface area contributed by atoms with Crippen molar-refractivity contribution >= 4 is 12.6 Å². The fraction of sp³-hybridized carbons (Fsp3) is 0.385. The van der Waals surface area contributed by atoms with E-state index in [1.54, 1.807) is 0 Å². The molecule has 0 aromatic heterocycles. The van der Waals surface area contributed by atoms with Gasteiger partial charge in [-0.15, -0.1) is 0 Å². The summed E-state index contributed by atoms with van der Waals surface area (Å²) in [5.74, 6) is 0. The molecule has 0 radical (unpaired) electrons. The molecule has 0 saturated carbocycles. The van der Waals surface area contributed by atoms with Crippen molar-refractivity contribution in [2.75, 3.05) is 0 Å². The van der Waals surface area contributed by atoms with Gasteiger partial charge in [0.25, 0.3) is 0 Å². The van der Waals surface area contributed by atoms with Crippen molar-refractivity contribution < 1.29 is 9.59 Å². The number of aryl methyl sites for hydroxylation is 2. The monoisotopic (exact) mass is 714 g/mol. The molecule has 0 aliphatic heterocycles. The van der Waals surface area contributed by atoms with Crippen LogP contribution in [0.2, 0.25) is 0 Å². The normalized spacial score (nSPS) is 14.3. The summed E-state index contributed by atoms with van der Waals surface area (Å²) in [6, 6.07) is 35.5. The Bertz CT molecular complexity index is 2070. The van der Waals surface area contributed by atoms with Crippen LogP contribution in [-0.2, 0) is 10.8 Å². The molecule has 2 aliphatic carbocycles. The van der Waals surface area contributed by atoms with E-state index in [0.29, 0.717) is 11.1 Å². The van der Waals surface area contributed by atoms with Crippen LogP contribution >= 0.6 is 0 Å². The van der Waals surface area contributed by atoms with Crippen LogP contribution < -0.4 is 0 Å². The van der Waals surface area contributed by atoms with E-state index in [1.807, 2.05) is 24.3 Å². The van der Waals surface area contributed by atoms with Gasteiger partial charge >= 0.3 is 0 Å². The minimum absolute atomic E-state index is 0.0355. The van der Waals surface area contributed by atoms with E-state index in [0.717, 1.165) is 23.7 Å². The Balaban J connectivity index is 1.48. The average Bonchev–Trinajstić information content (AvgIpc) is 3.62. The summed E-state index contributed by atoms with van der Waals surface area (Å²) in [4.78, 5) is 24.6. The molecular formula is C52H58O2. The molecule has 278 valence electrons. The molecule has 54 heavy (non-hydrogen) atoms. The van der Waals surface area contributed by atoms with Crippen molar-refractivity contribution in [3.8, 4) is 22.3 Å². The van der Waals surface area contributed by atoms with Gasteiger partial charge in [0.05, 0.1) is 5.41 Å². The number of hydrogen-bond acceptors (Lipinski definition) is 2. The second kappa shape index (κ2) is 16.4. The molecule has 0 saturated heterocycles. The van der Waals surface area contributed by atoms with Crippen LogP contribution in [0.25, 0.3) is 22.3 Å². The van der Waals surface area contributed by atoms with Gasteiger partial charge in [-0.05, 0) is 107 Å². The fourth-order valence-electron chi connectivity index (χ4n) is 10.1. The number of aldehydes is 2. The van der Waals surface area contributed by atoms with E-state index in [9.17, 15) is 9.59 Å². The maximum Gasteiger partial charge on any atom is 0.150 e. The number of unbranched alkanes of at least 4 members (excludes halogenated alkanes) is 10. The first-order valence-corrected chi connectivity index (χ1v) is 20.9. The van der Waals surface area contributed by atoms with Crippen LogP contribution in [0.4, 0.5) is 0 Å². The molecule has 0 atom stereocenters. The van der Waals surface area contributed by atoms with Crippen molar-refractivity contribution in [3.63, 3.8) is 0 Å². The van der Waals surface area contributed by atoms with E-state index in [4.69, 9.17) is 0 Å². The predicted octanol–water partition coefficient (Wildman–Crippen LogP) is 14.1. The van der Waals surface area contributed by atoms with E-state index in [-0.39, 0.29) is 5.41 Å². The third-order valence-electron chi connectivity index (χ3n) is 12.8. The van der Waals surface area contributed by atoms with Gasteiger partial charge in [-0.25, -0.2) is 0 Å². The van der Waals surface area contributed by atoms with Gasteiger partial charge in [0, 0.05) is 16.5 Å². The van der Waals surface area contributed by atoms with E-state index < -0.39 is 5.41 Å². The Morgan fingerprint density at radius 1 is 0.444 bits per heavy atom. The van der Waals surface area contributed by atoms with Crippen molar-refractivity contribution in [3.05, 3.63) is 153 Å². The van der Waals surface area contributed by atoms with Crippen LogP contribution in [0, 0.1) is 13.8 Å². The van der Waals surface area contributed by atoms with E-state index in [1.165, 1.54) is 146 Å². The molecule has 5 aromatic carbocycles. The fourth-order valence-corrected chi connectivity index (χ4v) is 10.1. The lowest BCUT2D eigenvalue weighted by molar-refractivity contribution is 0.111. The zero-order valence-electron chi connectivity index (χ0n) is 33.1. The molecule has 0 fully saturated rings. The highest BCUT2D eigenvalue weighted by atomic mass is 16.1. The predicted molar refractivity (Wildman–Crippen MR) is 226 cm³/mol. The zero-order chi connectivity index (χ0) is 37.7. The molecule has 0 amide bonds. The highest BCUT2D eigenvalue weighted by Crippen LogP contribution is 2.62. The number of carbonyl (C=O) groups is 2. The summed E-state index contributed by atoms with van der Waals surface area (Å²) < 4.78 is 0. The third-order valence-corrected chi connectivity index (χ3v) is 12.8. The van der Waals surface area contributed by atoms with Crippen molar-refractivity contribution in [2.24, 2.45) is 0 Å². The maximum absolute atomic E-state index is 12.3. The summed E-state index contributed by atoms with van der Waals surface area (Å²) in [5.41, 5.74) is 15.9. The molecule has 0 N–H and O–H groups in total. The first-order chi connectivity index (χ1) is 26.4. The van der Waals surface area contributed by atoms with Gasteiger partial charge < -0.3 is 0 Å². The molecule has 7 rings (SSSR count). The topological polar surface area (TPSA) is 34.1 Å². The largest absolute Gasteiger partial charge is 0.298 e. The lowest BCUT2D eigenvalue weighted by Crippen LogP contribution is -2.29. The van der Waals surface area contributed by atoms with Gasteiger partial charge in [0.15, 0.2) is 0 Å². The minimum Gasteiger partial charge on any atom is -0.298 e. The quantitative estimate of drug-likeness (QED) is 0.0656. The molecular weight excluding hydrogens is 657 g/mol. The first-order valence-electron chi connectivity index (χ1n) is 20.9. The number of benzene rings is 5. The molecule has 2 nitrogen and oxygen atoms in total. The Hall–Kier alpha value is -4.56. The summed E-state index contributed by atoms with van der Waals surface area (Å²) in [6.07, 6.45) is 19.8. The SMILES string of the molecule is CCCCCCCCC1(CCCCCCCC)c2cc(C)ccc2-c2cc3c(cc21)-c1ccc(C)cc1C3(c1cccc(C=O)c1)c1cccc(C=O)c1. The lowest BCUT2D eigenvalue weighted by Gasteiger charge is -2.35. The minimum atomic E-state index is -0.710. The molecule has 2 aliphatic rings. The standard InChI is InChI=1S/C52H58O2/c1-5-7-9-11-13-15-27-51(28-16-14-12-10-8-6-2)47-29-37(3)23-25-43(47)45-34-50-46(33-48(45)51)44-26-24-38(4)30-49(44)52(50,41-21-17-19-39(31-41)35-53)42-22-18-20-40(32-42)36-54/h17-26,29-36H,5-16,27-28H2,1-4H3. The average molecular weight is 715 g/mol. The van der Waals surface area contributed by atoms with Gasteiger partial charge in [-0.3, -0.25) is 9.59 Å². The second-order valence-electron chi connectivity index (χ2n) is 16.4. The maximum atomic E-state index is 12.3. The van der Waals surface area contributed by atoms with E-state index >= 15 is 0 Å². The zero-order valence-corrected chi connectivity index (χ0v) is 33.1. The number of fused-ring (bicyclic) bond motifs is 6. The van der Waals surface area contributed by atoms with E-state index in [2.05, 4.69) is 100 Å². The Morgan fingerprint density at radius 2 is 0.870 bits per heavy atom. The summed E-state index contributed by atoms with van der Waals surface area (Å²) in [5, 5.41) is 0. The molecule has 2 heteroatoms. The van der Waals surface area contributed by atoms with Gasteiger partial charge in [0.2, 0.25) is 0 Å². The second-order valence-corrected chi connectivity index (χ2v) is 16.4. The Labute approximate surface area is 324 Å². The highest BCUT2D eigenvalue weighted by molar-refractivity contribution is 5.93. The Morgan fingerprint density at radius 3 is 1.41 bits per heavy atom. The van der Waals surface area contributed by atoms with Gasteiger partial charge in [0.1, 0.15) is 12.6 Å². The summed E-state index contributed by atoms with van der Waals surface area (Å²) in [6.45, 7) is 9.03. The number of rotatable bonds is 18. The molecule has 0 spiro atoms. The first kappa shape index (κ1) is 37.7. The van der Waals surface area contributed by atoms with Crippen molar-refractivity contribution in [2.45, 2.75) is 128 Å². The van der Waals surface area contributed by atoms with Crippen LogP contribution in [0.5, 0.6) is 0 Å². The lowest BCUT2D eigenvalue weighted by atomic mass is 9.66. The van der Waals surface area contributed by atoms with Gasteiger partial charge in [-0.1, -0.05) is 175 Å². The molecule has 0 bridgehead atoms. The van der Waals surface area contributed by atoms with Gasteiger partial charge in [-0.2, -0.15) is 0 Å². The molecule has 0 unspecified atom stereocenters. The van der Waals surface area contributed by atoms with Crippen LogP contribution in [0.1, 0.15) is 169 Å². The molecule has 0 heterocycles. The highest BCUT2D eigenvalue weighted by Gasteiger charge is 2.50.